The largest absolute Gasteiger partial charge is 0.399 e. The minimum Gasteiger partial charge on any atom is -0.399 e. The van der Waals surface area contributed by atoms with Crippen LogP contribution in [0.5, 0.6) is 0 Å². The molecule has 1 aliphatic heterocycles. The Morgan fingerprint density at radius 3 is 2.67 bits per heavy atom. The van der Waals surface area contributed by atoms with Crippen molar-refractivity contribution in [2.24, 2.45) is 0 Å². The van der Waals surface area contributed by atoms with Crippen molar-refractivity contribution in [2.45, 2.75) is 0 Å². The fraction of sp³-hybridized carbons (Fsp3) is 0.200. The van der Waals surface area contributed by atoms with Gasteiger partial charge in [-0.05, 0) is 36.4 Å². The normalized spacial score (nSPS) is 14.1. The molecule has 0 aliphatic carbocycles. The van der Waals surface area contributed by atoms with Gasteiger partial charge in [0, 0.05) is 35.7 Å². The quantitative estimate of drug-likeness (QED) is 0.678. The van der Waals surface area contributed by atoms with E-state index in [1.807, 2.05) is 48.5 Å². The van der Waals surface area contributed by atoms with Crippen molar-refractivity contribution in [1.82, 2.24) is 4.98 Å². The van der Waals surface area contributed by atoms with Gasteiger partial charge in [0.05, 0.1) is 19.4 Å². The molecular formula is C20H20N4O2S. The summed E-state index contributed by atoms with van der Waals surface area (Å²) in [6, 6.07) is 15.4. The molecule has 1 fully saturated rings. The Bertz CT molecular complexity index is 933. The number of rotatable bonds is 4. The van der Waals surface area contributed by atoms with Crippen LogP contribution in [0, 0.1) is 0 Å². The molecule has 138 valence electrons. The summed E-state index contributed by atoms with van der Waals surface area (Å²) >= 11 is 1.35. The zero-order valence-electron chi connectivity index (χ0n) is 14.7. The van der Waals surface area contributed by atoms with Crippen molar-refractivity contribution in [3.63, 3.8) is 0 Å². The molecule has 1 aliphatic rings. The van der Waals surface area contributed by atoms with Crippen LogP contribution in [-0.2, 0) is 4.74 Å². The fourth-order valence-corrected chi connectivity index (χ4v) is 3.76. The third kappa shape index (κ3) is 4.10. The van der Waals surface area contributed by atoms with Gasteiger partial charge in [0.25, 0.3) is 5.91 Å². The highest BCUT2D eigenvalue weighted by molar-refractivity contribution is 7.17. The first-order chi connectivity index (χ1) is 13.2. The summed E-state index contributed by atoms with van der Waals surface area (Å²) in [5.41, 5.74) is 9.30. The highest BCUT2D eigenvalue weighted by atomic mass is 32.1. The molecule has 0 spiro atoms. The van der Waals surface area contributed by atoms with Gasteiger partial charge in [0.1, 0.15) is 9.88 Å². The van der Waals surface area contributed by atoms with Gasteiger partial charge in [-0.15, -0.1) is 11.3 Å². The van der Waals surface area contributed by atoms with E-state index in [4.69, 9.17) is 10.5 Å². The van der Waals surface area contributed by atoms with Crippen LogP contribution in [0.15, 0.2) is 54.7 Å². The molecular weight excluding hydrogens is 360 g/mol. The maximum Gasteiger partial charge on any atom is 0.267 e. The molecule has 2 aromatic carbocycles. The summed E-state index contributed by atoms with van der Waals surface area (Å²) in [4.78, 5) is 19.7. The van der Waals surface area contributed by atoms with Crippen LogP contribution < -0.4 is 16.0 Å². The van der Waals surface area contributed by atoms with Crippen LogP contribution in [-0.4, -0.2) is 37.2 Å². The molecule has 3 N–H and O–H groups in total. The van der Waals surface area contributed by atoms with E-state index in [1.165, 1.54) is 11.3 Å². The van der Waals surface area contributed by atoms with Crippen LogP contribution in [0.3, 0.4) is 0 Å². The number of morpholine rings is 1. The highest BCUT2D eigenvalue weighted by Gasteiger charge is 2.14. The number of carbonyl (C=O) groups excluding carboxylic acids is 1. The van der Waals surface area contributed by atoms with Crippen LogP contribution in [0.25, 0.3) is 10.6 Å². The van der Waals surface area contributed by atoms with Gasteiger partial charge in [-0.1, -0.05) is 12.1 Å². The van der Waals surface area contributed by atoms with Gasteiger partial charge < -0.3 is 20.7 Å². The Kier molecular flexibility index (Phi) is 5.04. The number of nitrogens with one attached hydrogen (secondary N) is 1. The Labute approximate surface area is 161 Å². The molecule has 7 heteroatoms. The number of anilines is 3. The van der Waals surface area contributed by atoms with Crippen LogP contribution in [0.4, 0.5) is 17.1 Å². The molecule has 3 aromatic rings. The van der Waals surface area contributed by atoms with Gasteiger partial charge in [0.2, 0.25) is 0 Å². The molecule has 0 atom stereocenters. The molecule has 2 heterocycles. The summed E-state index contributed by atoms with van der Waals surface area (Å²) in [6.45, 7) is 3.28. The third-order valence-electron chi connectivity index (χ3n) is 4.36. The lowest BCUT2D eigenvalue weighted by Gasteiger charge is -2.28. The molecule has 4 rings (SSSR count). The van der Waals surface area contributed by atoms with Crippen LogP contribution >= 0.6 is 11.3 Å². The number of benzene rings is 2. The van der Waals surface area contributed by atoms with E-state index >= 15 is 0 Å². The molecule has 0 radical (unpaired) electrons. The van der Waals surface area contributed by atoms with E-state index in [0.29, 0.717) is 10.6 Å². The Balaban J connectivity index is 1.43. The number of hydrogen-bond donors (Lipinski definition) is 2. The average Bonchev–Trinajstić information content (AvgIpc) is 3.20. The first-order valence-electron chi connectivity index (χ1n) is 8.75. The van der Waals surface area contributed by atoms with Gasteiger partial charge in [0.15, 0.2) is 0 Å². The summed E-state index contributed by atoms with van der Waals surface area (Å²) in [5, 5.41) is 3.70. The van der Waals surface area contributed by atoms with Crippen LogP contribution in [0.2, 0.25) is 0 Å². The predicted molar refractivity (Wildman–Crippen MR) is 109 cm³/mol. The number of ether oxygens (including phenoxy) is 1. The first-order valence-corrected chi connectivity index (χ1v) is 9.56. The number of aromatic nitrogens is 1. The minimum atomic E-state index is -0.165. The number of carbonyl (C=O) groups is 1. The third-order valence-corrected chi connectivity index (χ3v) is 5.41. The summed E-state index contributed by atoms with van der Waals surface area (Å²) < 4.78 is 5.38. The molecule has 0 unspecified atom stereocenters. The van der Waals surface area contributed by atoms with E-state index in [-0.39, 0.29) is 5.91 Å². The van der Waals surface area contributed by atoms with Crippen molar-refractivity contribution in [2.75, 3.05) is 42.3 Å². The number of nitrogen functional groups attached to an aromatic ring is 1. The number of thiazole rings is 1. The molecule has 1 saturated heterocycles. The minimum absolute atomic E-state index is 0.165. The van der Waals surface area contributed by atoms with Crippen molar-refractivity contribution in [3.8, 4) is 10.6 Å². The molecule has 1 aromatic heterocycles. The first kappa shape index (κ1) is 17.5. The maximum absolute atomic E-state index is 12.5. The van der Waals surface area contributed by atoms with Gasteiger partial charge in [-0.25, -0.2) is 4.98 Å². The second-order valence-electron chi connectivity index (χ2n) is 6.26. The highest BCUT2D eigenvalue weighted by Crippen LogP contribution is 2.27. The van der Waals surface area contributed by atoms with E-state index in [2.05, 4.69) is 15.2 Å². The maximum atomic E-state index is 12.5. The zero-order valence-corrected chi connectivity index (χ0v) is 15.5. The topological polar surface area (TPSA) is 80.5 Å². The molecule has 0 saturated carbocycles. The average molecular weight is 380 g/mol. The number of hydrogen-bond acceptors (Lipinski definition) is 6. The molecule has 6 nitrogen and oxygen atoms in total. The summed E-state index contributed by atoms with van der Waals surface area (Å²) in [5.74, 6) is -0.165. The summed E-state index contributed by atoms with van der Waals surface area (Å²) in [7, 11) is 0. The number of amides is 1. The molecule has 1 amide bonds. The lowest BCUT2D eigenvalue weighted by molar-refractivity contribution is 0.103. The second kappa shape index (κ2) is 7.77. The van der Waals surface area contributed by atoms with Crippen molar-refractivity contribution < 1.29 is 9.53 Å². The van der Waals surface area contributed by atoms with Crippen molar-refractivity contribution in [1.29, 1.82) is 0 Å². The van der Waals surface area contributed by atoms with E-state index in [9.17, 15) is 4.79 Å². The molecule has 0 bridgehead atoms. The Morgan fingerprint density at radius 1 is 1.15 bits per heavy atom. The second-order valence-corrected chi connectivity index (χ2v) is 7.29. The Hall–Kier alpha value is -2.90. The Morgan fingerprint density at radius 2 is 1.93 bits per heavy atom. The predicted octanol–water partition coefficient (Wildman–Crippen LogP) is 3.48. The van der Waals surface area contributed by atoms with Gasteiger partial charge in [-0.2, -0.15) is 0 Å². The number of nitrogens with zero attached hydrogens (tertiary/aromatic N) is 2. The lowest BCUT2D eigenvalue weighted by Crippen LogP contribution is -2.36. The van der Waals surface area contributed by atoms with E-state index in [1.54, 1.807) is 6.20 Å². The smallest absolute Gasteiger partial charge is 0.267 e. The SMILES string of the molecule is Nc1cccc(-c2ncc(C(=O)Nc3ccc(N4CCOCC4)cc3)s2)c1. The van der Waals surface area contributed by atoms with Crippen molar-refractivity contribution >= 4 is 34.3 Å². The zero-order chi connectivity index (χ0) is 18.6. The van der Waals surface area contributed by atoms with Gasteiger partial charge in [-0.3, -0.25) is 4.79 Å². The number of nitrogens with two attached hydrogens (primary N) is 1. The lowest BCUT2D eigenvalue weighted by atomic mass is 10.2. The fourth-order valence-electron chi connectivity index (χ4n) is 2.95. The standard InChI is InChI=1S/C20H20N4O2S/c21-15-3-1-2-14(12-15)20-22-13-18(27-20)19(25)23-16-4-6-17(7-5-16)24-8-10-26-11-9-24/h1-7,12-13H,8-11,21H2,(H,23,25). The van der Waals surface area contributed by atoms with E-state index < -0.39 is 0 Å². The van der Waals surface area contributed by atoms with E-state index in [0.717, 1.165) is 48.2 Å². The van der Waals surface area contributed by atoms with Crippen molar-refractivity contribution in [3.05, 3.63) is 59.6 Å². The van der Waals surface area contributed by atoms with Gasteiger partial charge >= 0.3 is 0 Å². The van der Waals surface area contributed by atoms with Crippen LogP contribution in [0.1, 0.15) is 9.67 Å². The molecule has 27 heavy (non-hydrogen) atoms. The monoisotopic (exact) mass is 380 g/mol. The summed E-state index contributed by atoms with van der Waals surface area (Å²) in [6.07, 6.45) is 1.60.